The van der Waals surface area contributed by atoms with Gasteiger partial charge in [-0.15, -0.1) is 11.7 Å². The van der Waals surface area contributed by atoms with Gasteiger partial charge in [-0.05, 0) is 34.0 Å². The highest BCUT2D eigenvalue weighted by atomic mass is 33.3. The van der Waals surface area contributed by atoms with Gasteiger partial charge in [0.05, 0.1) is 12.7 Å². The van der Waals surface area contributed by atoms with Crippen molar-refractivity contribution in [1.82, 2.24) is 19.1 Å². The number of aromatic nitrogens is 2. The van der Waals surface area contributed by atoms with Gasteiger partial charge in [0.15, 0.2) is 6.23 Å². The first kappa shape index (κ1) is 21.7. The topological polar surface area (TPSA) is 103 Å². The molecule has 12 heteroatoms. The Morgan fingerprint density at radius 2 is 2.23 bits per heavy atom. The Labute approximate surface area is 162 Å². The average Bonchev–Trinajstić information content (AvgIpc) is 2.59. The van der Waals surface area contributed by atoms with Gasteiger partial charge in [0.1, 0.15) is 5.82 Å². The molecule has 0 bridgehead atoms. The highest BCUT2D eigenvalue weighted by Gasteiger charge is 2.34. The van der Waals surface area contributed by atoms with Gasteiger partial charge < -0.3 is 15.0 Å². The van der Waals surface area contributed by atoms with Crippen molar-refractivity contribution in [1.29, 1.82) is 0 Å². The summed E-state index contributed by atoms with van der Waals surface area (Å²) in [6.07, 6.45) is 0.697. The van der Waals surface area contributed by atoms with E-state index in [1.54, 1.807) is 26.4 Å². The fourth-order valence-electron chi connectivity index (χ4n) is 2.55. The Morgan fingerprint density at radius 1 is 1.54 bits per heavy atom. The van der Waals surface area contributed by atoms with Crippen molar-refractivity contribution in [2.45, 2.75) is 32.2 Å². The number of hydrogen-bond acceptors (Lipinski definition) is 9. The van der Waals surface area contributed by atoms with Gasteiger partial charge in [-0.25, -0.2) is 9.46 Å². The summed E-state index contributed by atoms with van der Waals surface area (Å²) < 4.78 is 27.2. The molecule has 26 heavy (non-hydrogen) atoms. The van der Waals surface area contributed by atoms with Gasteiger partial charge in [-0.3, -0.25) is 14.0 Å². The van der Waals surface area contributed by atoms with Crippen molar-refractivity contribution in [3.8, 4) is 0 Å². The lowest BCUT2D eigenvalue weighted by Crippen LogP contribution is -2.51. The van der Waals surface area contributed by atoms with E-state index in [9.17, 15) is 9.36 Å². The third-order valence-electron chi connectivity index (χ3n) is 4.09. The molecule has 2 rings (SSSR count). The molecule has 2 N–H and O–H groups in total. The molecule has 0 amide bonds. The quantitative estimate of drug-likeness (QED) is 0.385. The summed E-state index contributed by atoms with van der Waals surface area (Å²) in [5.74, 6) is 0.167. The van der Waals surface area contributed by atoms with E-state index in [1.807, 2.05) is 0 Å². The lowest BCUT2D eigenvalue weighted by Gasteiger charge is -2.40. The van der Waals surface area contributed by atoms with Crippen LogP contribution in [-0.4, -0.2) is 65.1 Å². The molecule has 9 nitrogen and oxygen atoms in total. The number of anilines is 1. The molecule has 1 aliphatic heterocycles. The molecule has 0 spiro atoms. The van der Waals surface area contributed by atoms with E-state index in [1.165, 1.54) is 9.24 Å². The van der Waals surface area contributed by atoms with Crippen molar-refractivity contribution in [3.05, 3.63) is 22.7 Å². The lowest BCUT2D eigenvalue weighted by atomic mass is 10.2. The molecule has 1 aliphatic rings. The summed E-state index contributed by atoms with van der Waals surface area (Å²) in [5, 5.41) is 0. The van der Waals surface area contributed by atoms with Crippen LogP contribution in [0, 0.1) is 0 Å². The third kappa shape index (κ3) is 5.25. The summed E-state index contributed by atoms with van der Waals surface area (Å²) in [7, 11) is 4.23. The van der Waals surface area contributed by atoms with E-state index >= 15 is 0 Å². The van der Waals surface area contributed by atoms with E-state index < -0.39 is 18.6 Å². The Bertz CT molecular complexity index is 717. The number of nitrogen functional groups attached to an aromatic ring is 1. The number of nitrogens with two attached hydrogens (primary N) is 1. The minimum absolute atomic E-state index is 0.125. The Morgan fingerprint density at radius 3 is 2.77 bits per heavy atom. The van der Waals surface area contributed by atoms with Crippen LogP contribution in [0.15, 0.2) is 17.1 Å². The van der Waals surface area contributed by atoms with Crippen LogP contribution in [0.1, 0.15) is 20.1 Å². The molecule has 1 aromatic heterocycles. The number of ether oxygens (including phenoxy) is 1. The standard InChI is InChI=1S/C14H26N5O4PS2/c1-10(2)18-7-11(9-22-24(21,26-25)17(3)4)23-13(8-18)19-6-5-12(15)16-14(19)20/h5-6,10-11,13,25H,7-9H2,1-4H3,(H2,15,16,20)/t11-,13+,24?/m0/s1. The molecule has 148 valence electrons. The third-order valence-corrected chi connectivity index (χ3v) is 9.52. The zero-order valence-corrected chi connectivity index (χ0v) is 17.9. The fourth-order valence-corrected chi connectivity index (χ4v) is 5.83. The summed E-state index contributed by atoms with van der Waals surface area (Å²) >= 11 is 4.06. The maximum absolute atomic E-state index is 12.6. The highest BCUT2D eigenvalue weighted by molar-refractivity contribution is 8.93. The second kappa shape index (κ2) is 9.09. The molecule has 1 aromatic rings. The predicted octanol–water partition coefficient (Wildman–Crippen LogP) is 1.70. The molecule has 0 radical (unpaired) electrons. The van der Waals surface area contributed by atoms with Gasteiger partial charge in [0, 0.05) is 35.7 Å². The van der Waals surface area contributed by atoms with Crippen LogP contribution in [0.4, 0.5) is 5.82 Å². The van der Waals surface area contributed by atoms with E-state index in [0.717, 1.165) is 10.4 Å². The normalized spacial score (nSPS) is 24.1. The van der Waals surface area contributed by atoms with Crippen molar-refractivity contribution < 1.29 is 13.8 Å². The van der Waals surface area contributed by atoms with Gasteiger partial charge in [-0.2, -0.15) is 4.98 Å². The first-order valence-corrected chi connectivity index (χ1v) is 12.2. The number of rotatable bonds is 7. The molecule has 0 aliphatic carbocycles. The molecular formula is C14H26N5O4PS2. The molecule has 2 heterocycles. The van der Waals surface area contributed by atoms with Gasteiger partial charge in [-0.1, -0.05) is 0 Å². The van der Waals surface area contributed by atoms with E-state index in [2.05, 4.69) is 35.4 Å². The minimum Gasteiger partial charge on any atom is -0.383 e. The van der Waals surface area contributed by atoms with E-state index in [-0.39, 0.29) is 24.6 Å². The first-order valence-electron chi connectivity index (χ1n) is 8.16. The second-order valence-electron chi connectivity index (χ2n) is 6.50. The van der Waals surface area contributed by atoms with Crippen LogP contribution in [0.3, 0.4) is 0 Å². The van der Waals surface area contributed by atoms with Gasteiger partial charge in [0.2, 0.25) is 0 Å². The van der Waals surface area contributed by atoms with Crippen LogP contribution in [0.25, 0.3) is 0 Å². The number of morpholine rings is 1. The van der Waals surface area contributed by atoms with Crippen molar-refractivity contribution >= 4 is 34.6 Å². The molecule has 1 unspecified atom stereocenters. The maximum Gasteiger partial charge on any atom is 0.351 e. The first-order chi connectivity index (χ1) is 12.2. The Hall–Kier alpha value is -0.550. The molecule has 0 saturated carbocycles. The fraction of sp³-hybridized carbons (Fsp3) is 0.714. The Kier molecular flexibility index (Phi) is 7.61. The summed E-state index contributed by atoms with van der Waals surface area (Å²) in [5.41, 5.74) is 5.09. The summed E-state index contributed by atoms with van der Waals surface area (Å²) in [6.45, 7) is 2.33. The van der Waals surface area contributed by atoms with Crippen LogP contribution in [0.2, 0.25) is 0 Å². The SMILES string of the molecule is CC(C)N1C[C@@H](COP(=O)(SS)N(C)C)O[C@@H](n2ccc(N)nc2=O)C1. The van der Waals surface area contributed by atoms with Crippen molar-refractivity contribution in [2.75, 3.05) is 39.5 Å². The largest absolute Gasteiger partial charge is 0.383 e. The Balaban J connectivity index is 2.17. The zero-order chi connectivity index (χ0) is 19.5. The molecular weight excluding hydrogens is 397 g/mol. The minimum atomic E-state index is -3.07. The smallest absolute Gasteiger partial charge is 0.351 e. The molecule has 1 saturated heterocycles. The van der Waals surface area contributed by atoms with Crippen molar-refractivity contribution in [3.63, 3.8) is 0 Å². The number of hydrogen-bond donors (Lipinski definition) is 2. The van der Waals surface area contributed by atoms with Crippen LogP contribution in [0.5, 0.6) is 0 Å². The number of thiol groups is 1. The second-order valence-corrected chi connectivity index (χ2v) is 12.0. The predicted molar refractivity (Wildman–Crippen MR) is 107 cm³/mol. The van der Waals surface area contributed by atoms with Gasteiger partial charge in [0.25, 0.3) is 0 Å². The highest BCUT2D eigenvalue weighted by Crippen LogP contribution is 2.62. The van der Waals surface area contributed by atoms with Crippen LogP contribution >= 0.6 is 28.8 Å². The molecule has 3 atom stereocenters. The molecule has 1 fully saturated rings. The maximum atomic E-state index is 12.6. The van der Waals surface area contributed by atoms with E-state index in [4.69, 9.17) is 15.0 Å². The van der Waals surface area contributed by atoms with Crippen LogP contribution < -0.4 is 11.4 Å². The summed E-state index contributed by atoms with van der Waals surface area (Å²) in [6, 6.07) is 1.81. The van der Waals surface area contributed by atoms with Crippen LogP contribution in [-0.2, 0) is 13.8 Å². The lowest BCUT2D eigenvalue weighted by molar-refractivity contribution is -0.139. The zero-order valence-electron chi connectivity index (χ0n) is 15.3. The average molecular weight is 424 g/mol. The summed E-state index contributed by atoms with van der Waals surface area (Å²) in [4.78, 5) is 18.1. The van der Waals surface area contributed by atoms with Gasteiger partial charge >= 0.3 is 12.4 Å². The van der Waals surface area contributed by atoms with Crippen molar-refractivity contribution in [2.24, 2.45) is 0 Å². The molecule has 0 aromatic carbocycles. The number of nitrogens with zero attached hydrogens (tertiary/aromatic N) is 4. The van der Waals surface area contributed by atoms with E-state index in [0.29, 0.717) is 13.1 Å². The monoisotopic (exact) mass is 423 g/mol.